The van der Waals surface area contributed by atoms with Crippen LogP contribution in [0.5, 0.6) is 0 Å². The molecule has 0 aliphatic carbocycles. The number of nitrogens with two attached hydrogens (primary N) is 1. The van der Waals surface area contributed by atoms with Crippen LogP contribution >= 0.6 is 11.6 Å². The van der Waals surface area contributed by atoms with E-state index in [1.54, 1.807) is 11.0 Å². The van der Waals surface area contributed by atoms with Gasteiger partial charge < -0.3 is 15.4 Å². The van der Waals surface area contributed by atoms with Crippen LogP contribution in [0, 0.1) is 0 Å². The van der Waals surface area contributed by atoms with E-state index in [4.69, 9.17) is 22.1 Å². The number of anilines is 1. The van der Waals surface area contributed by atoms with Gasteiger partial charge >= 0.3 is 6.09 Å². The first-order chi connectivity index (χ1) is 11.2. The molecule has 0 fully saturated rings. The van der Waals surface area contributed by atoms with Crippen LogP contribution in [-0.2, 0) is 17.7 Å². The van der Waals surface area contributed by atoms with Crippen LogP contribution in [0.4, 0.5) is 10.5 Å². The SMILES string of the molecule is CC(C)(C)OC(=O)N1CCc2nn(-c3ncc(N)cc3Cl)nc2C1. The minimum atomic E-state index is -0.531. The van der Waals surface area contributed by atoms with Crippen molar-refractivity contribution in [2.24, 2.45) is 0 Å². The van der Waals surface area contributed by atoms with Crippen molar-refractivity contribution < 1.29 is 9.53 Å². The molecule has 2 aromatic heterocycles. The number of carbonyl (C=O) groups excluding carboxylic acids is 1. The second-order valence-electron chi connectivity index (χ2n) is 6.61. The van der Waals surface area contributed by atoms with Gasteiger partial charge in [-0.15, -0.1) is 9.90 Å². The van der Waals surface area contributed by atoms with Crippen LogP contribution < -0.4 is 5.73 Å². The summed E-state index contributed by atoms with van der Waals surface area (Å²) >= 11 is 6.15. The average Bonchev–Trinajstić information content (AvgIpc) is 2.87. The normalized spacial score (nSPS) is 14.4. The molecular weight excluding hydrogens is 332 g/mol. The van der Waals surface area contributed by atoms with Gasteiger partial charge in [-0.05, 0) is 26.8 Å². The molecule has 3 rings (SSSR count). The van der Waals surface area contributed by atoms with Crippen LogP contribution in [0.3, 0.4) is 0 Å². The van der Waals surface area contributed by atoms with Crippen LogP contribution in [0.1, 0.15) is 32.2 Å². The van der Waals surface area contributed by atoms with Crippen LogP contribution in [0.2, 0.25) is 5.02 Å². The third-order valence-electron chi connectivity index (χ3n) is 3.41. The van der Waals surface area contributed by atoms with Gasteiger partial charge in [0.25, 0.3) is 0 Å². The van der Waals surface area contributed by atoms with Crippen LogP contribution in [0.25, 0.3) is 5.82 Å². The van der Waals surface area contributed by atoms with E-state index in [1.807, 2.05) is 20.8 Å². The Balaban J connectivity index is 1.81. The van der Waals surface area contributed by atoms with Crippen molar-refractivity contribution in [2.45, 2.75) is 39.3 Å². The number of rotatable bonds is 1. The topological polar surface area (TPSA) is 99.2 Å². The summed E-state index contributed by atoms with van der Waals surface area (Å²) in [5.74, 6) is 0.407. The predicted molar refractivity (Wildman–Crippen MR) is 88.9 cm³/mol. The molecule has 0 aromatic carbocycles. The van der Waals surface area contributed by atoms with Gasteiger partial charge in [-0.1, -0.05) is 11.6 Å². The fourth-order valence-electron chi connectivity index (χ4n) is 2.35. The fourth-order valence-corrected chi connectivity index (χ4v) is 2.60. The van der Waals surface area contributed by atoms with E-state index >= 15 is 0 Å². The van der Waals surface area contributed by atoms with E-state index in [2.05, 4.69) is 15.2 Å². The van der Waals surface area contributed by atoms with Crippen molar-refractivity contribution >= 4 is 23.4 Å². The maximum atomic E-state index is 12.2. The zero-order chi connectivity index (χ0) is 17.5. The predicted octanol–water partition coefficient (Wildman–Crippen LogP) is 2.19. The van der Waals surface area contributed by atoms with Crippen molar-refractivity contribution in [3.63, 3.8) is 0 Å². The van der Waals surface area contributed by atoms with Gasteiger partial charge in [0.2, 0.25) is 0 Å². The van der Waals surface area contributed by atoms with E-state index in [1.165, 1.54) is 11.0 Å². The Kier molecular flexibility index (Phi) is 4.08. The first kappa shape index (κ1) is 16.5. The maximum absolute atomic E-state index is 12.2. The van der Waals surface area contributed by atoms with E-state index in [9.17, 15) is 4.79 Å². The number of halogens is 1. The summed E-state index contributed by atoms with van der Waals surface area (Å²) in [5, 5.41) is 9.19. The highest BCUT2D eigenvalue weighted by molar-refractivity contribution is 6.32. The number of pyridine rings is 1. The number of ether oxygens (including phenoxy) is 1. The lowest BCUT2D eigenvalue weighted by Gasteiger charge is -2.28. The molecule has 2 N–H and O–H groups in total. The second kappa shape index (κ2) is 5.94. The van der Waals surface area contributed by atoms with Gasteiger partial charge in [-0.3, -0.25) is 0 Å². The molecule has 2 aromatic rings. The number of amides is 1. The molecule has 8 nitrogen and oxygen atoms in total. The third-order valence-corrected chi connectivity index (χ3v) is 3.69. The van der Waals surface area contributed by atoms with Crippen molar-refractivity contribution in [1.29, 1.82) is 0 Å². The number of aromatic nitrogens is 4. The Bertz CT molecular complexity index is 783. The Labute approximate surface area is 144 Å². The fraction of sp³-hybridized carbons (Fsp3) is 0.467. The molecule has 9 heteroatoms. The third kappa shape index (κ3) is 3.43. The minimum Gasteiger partial charge on any atom is -0.444 e. The number of hydrogen-bond acceptors (Lipinski definition) is 6. The molecular formula is C15H19ClN6O2. The van der Waals surface area contributed by atoms with Crippen molar-refractivity contribution in [3.05, 3.63) is 28.7 Å². The molecule has 0 radical (unpaired) electrons. The largest absolute Gasteiger partial charge is 0.444 e. The minimum absolute atomic E-state index is 0.344. The summed E-state index contributed by atoms with van der Waals surface area (Å²) in [4.78, 5) is 19.4. The zero-order valence-corrected chi connectivity index (χ0v) is 14.5. The van der Waals surface area contributed by atoms with E-state index in [0.717, 1.165) is 5.69 Å². The highest BCUT2D eigenvalue weighted by Gasteiger charge is 2.28. The highest BCUT2D eigenvalue weighted by atomic mass is 35.5. The Morgan fingerprint density at radius 1 is 1.33 bits per heavy atom. The molecule has 0 atom stereocenters. The molecule has 1 aliphatic heterocycles. The summed E-state index contributed by atoms with van der Waals surface area (Å²) in [6.45, 7) is 6.39. The molecule has 3 heterocycles. The molecule has 0 saturated carbocycles. The smallest absolute Gasteiger partial charge is 0.410 e. The average molecular weight is 351 g/mol. The van der Waals surface area contributed by atoms with E-state index in [0.29, 0.717) is 41.7 Å². The molecule has 0 bridgehead atoms. The Morgan fingerprint density at radius 2 is 2.04 bits per heavy atom. The van der Waals surface area contributed by atoms with Gasteiger partial charge in [0, 0.05) is 13.0 Å². The Morgan fingerprint density at radius 3 is 2.71 bits per heavy atom. The Hall–Kier alpha value is -2.35. The molecule has 0 unspecified atom stereocenters. The number of nitrogen functional groups attached to an aromatic ring is 1. The molecule has 1 aliphatic rings. The van der Waals surface area contributed by atoms with Gasteiger partial charge in [0.1, 0.15) is 11.3 Å². The number of hydrogen-bond donors (Lipinski definition) is 1. The lowest BCUT2D eigenvalue weighted by Crippen LogP contribution is -2.39. The van der Waals surface area contributed by atoms with Crippen LogP contribution in [0.15, 0.2) is 12.3 Å². The lowest BCUT2D eigenvalue weighted by atomic mass is 10.1. The molecule has 0 saturated heterocycles. The molecule has 128 valence electrons. The summed E-state index contributed by atoms with van der Waals surface area (Å²) in [5.41, 5.74) is 7.12. The zero-order valence-electron chi connectivity index (χ0n) is 13.8. The molecule has 1 amide bonds. The molecule has 0 spiro atoms. The van der Waals surface area contributed by atoms with Crippen molar-refractivity contribution in [1.82, 2.24) is 24.9 Å². The summed E-state index contributed by atoms with van der Waals surface area (Å²) < 4.78 is 5.40. The monoisotopic (exact) mass is 350 g/mol. The molecule has 24 heavy (non-hydrogen) atoms. The number of carbonyl (C=O) groups is 1. The van der Waals surface area contributed by atoms with Crippen molar-refractivity contribution in [3.8, 4) is 5.82 Å². The van der Waals surface area contributed by atoms with Crippen LogP contribution in [-0.4, -0.2) is 43.1 Å². The number of fused-ring (bicyclic) bond motifs is 1. The number of nitrogens with zero attached hydrogens (tertiary/aromatic N) is 5. The van der Waals surface area contributed by atoms with Gasteiger partial charge in [-0.2, -0.15) is 5.10 Å². The van der Waals surface area contributed by atoms with Gasteiger partial charge in [-0.25, -0.2) is 9.78 Å². The van der Waals surface area contributed by atoms with E-state index < -0.39 is 5.60 Å². The maximum Gasteiger partial charge on any atom is 0.410 e. The lowest BCUT2D eigenvalue weighted by molar-refractivity contribution is 0.0221. The second-order valence-corrected chi connectivity index (χ2v) is 7.02. The van der Waals surface area contributed by atoms with Gasteiger partial charge in [0.05, 0.1) is 29.1 Å². The highest BCUT2D eigenvalue weighted by Crippen LogP contribution is 2.22. The van der Waals surface area contributed by atoms with E-state index in [-0.39, 0.29) is 6.09 Å². The first-order valence-corrected chi connectivity index (χ1v) is 7.95. The summed E-state index contributed by atoms with van der Waals surface area (Å²) in [7, 11) is 0. The van der Waals surface area contributed by atoms with Gasteiger partial charge in [0.15, 0.2) is 5.82 Å². The summed E-state index contributed by atoms with van der Waals surface area (Å²) in [6.07, 6.45) is 1.74. The summed E-state index contributed by atoms with van der Waals surface area (Å²) in [6, 6.07) is 1.60. The standard InChI is InChI=1S/C15H19ClN6O2/c1-15(2,3)24-14(23)21-5-4-11-12(8-21)20-22(19-11)13-10(16)6-9(17)7-18-13/h6-7H,4-5,8,17H2,1-3H3. The van der Waals surface area contributed by atoms with Crippen molar-refractivity contribution in [2.75, 3.05) is 12.3 Å². The first-order valence-electron chi connectivity index (χ1n) is 7.57. The quantitative estimate of drug-likeness (QED) is 0.846.